The number of hydrogen-bond donors (Lipinski definition) is 2. The molecule has 0 aliphatic carbocycles. The van der Waals surface area contributed by atoms with E-state index in [-0.39, 0.29) is 24.0 Å². The van der Waals surface area contributed by atoms with Crippen molar-refractivity contribution in [3.63, 3.8) is 0 Å². The summed E-state index contributed by atoms with van der Waals surface area (Å²) in [7, 11) is 3.30. The number of methoxy groups -OCH3 is 2. The predicted octanol–water partition coefficient (Wildman–Crippen LogP) is 4.24. The van der Waals surface area contributed by atoms with Gasteiger partial charge in [-0.1, -0.05) is 31.2 Å². The Balaban J connectivity index is 0.00000312. The molecular formula is C19H26IN3O2. The normalized spacial score (nSPS) is 12.0. The zero-order valence-corrected chi connectivity index (χ0v) is 17.2. The molecule has 6 heteroatoms. The van der Waals surface area contributed by atoms with Crippen molar-refractivity contribution in [2.45, 2.75) is 19.3 Å². The van der Waals surface area contributed by atoms with Crippen LogP contribution < -0.4 is 20.5 Å². The summed E-state index contributed by atoms with van der Waals surface area (Å²) in [4.78, 5) is 4.40. The van der Waals surface area contributed by atoms with E-state index in [2.05, 4.69) is 29.4 Å². The molecule has 0 saturated carbocycles. The van der Waals surface area contributed by atoms with E-state index in [4.69, 9.17) is 15.2 Å². The zero-order chi connectivity index (χ0) is 17.4. The van der Waals surface area contributed by atoms with E-state index in [1.54, 1.807) is 14.2 Å². The lowest BCUT2D eigenvalue weighted by Gasteiger charge is -2.12. The fourth-order valence-corrected chi connectivity index (χ4v) is 2.40. The van der Waals surface area contributed by atoms with Gasteiger partial charge in [-0.05, 0) is 42.2 Å². The second-order valence-electron chi connectivity index (χ2n) is 5.56. The zero-order valence-electron chi connectivity index (χ0n) is 14.9. The smallest absolute Gasteiger partial charge is 0.193 e. The lowest BCUT2D eigenvalue weighted by molar-refractivity contribution is 0.414. The molecule has 1 unspecified atom stereocenters. The summed E-state index contributed by atoms with van der Waals surface area (Å²) in [6.07, 6.45) is 0.917. The Hall–Kier alpha value is -1.96. The lowest BCUT2D eigenvalue weighted by atomic mass is 9.98. The van der Waals surface area contributed by atoms with Gasteiger partial charge in [-0.2, -0.15) is 0 Å². The molecule has 0 aliphatic rings. The Bertz CT molecular complexity index is 675. The first-order chi connectivity index (χ1) is 11.6. The molecule has 25 heavy (non-hydrogen) atoms. The lowest BCUT2D eigenvalue weighted by Crippen LogP contribution is -2.23. The number of guanidine groups is 1. The number of para-hydroxylation sites is 2. The van der Waals surface area contributed by atoms with E-state index in [1.165, 1.54) is 5.56 Å². The summed E-state index contributed by atoms with van der Waals surface area (Å²) in [5.74, 6) is 2.40. The number of aliphatic imine (C=N–C) groups is 1. The molecule has 5 nitrogen and oxygen atoms in total. The van der Waals surface area contributed by atoms with E-state index in [0.29, 0.717) is 18.4 Å². The minimum atomic E-state index is 0. The van der Waals surface area contributed by atoms with E-state index in [0.717, 1.165) is 23.6 Å². The van der Waals surface area contributed by atoms with Crippen molar-refractivity contribution in [1.29, 1.82) is 0 Å². The summed E-state index contributed by atoms with van der Waals surface area (Å²) < 4.78 is 10.5. The number of halogens is 1. The fourth-order valence-electron chi connectivity index (χ4n) is 2.40. The van der Waals surface area contributed by atoms with Crippen molar-refractivity contribution in [1.82, 2.24) is 0 Å². The van der Waals surface area contributed by atoms with Gasteiger partial charge >= 0.3 is 0 Å². The van der Waals surface area contributed by atoms with Crippen LogP contribution in [-0.4, -0.2) is 26.7 Å². The van der Waals surface area contributed by atoms with Gasteiger partial charge in [-0.25, -0.2) is 0 Å². The molecule has 0 fully saturated rings. The van der Waals surface area contributed by atoms with Crippen molar-refractivity contribution in [3.8, 4) is 11.5 Å². The maximum Gasteiger partial charge on any atom is 0.193 e. The van der Waals surface area contributed by atoms with Crippen LogP contribution in [-0.2, 0) is 0 Å². The van der Waals surface area contributed by atoms with Crippen molar-refractivity contribution in [3.05, 3.63) is 54.1 Å². The number of ether oxygens (including phenoxy) is 2. The van der Waals surface area contributed by atoms with Crippen molar-refractivity contribution < 1.29 is 9.47 Å². The third-order valence-corrected chi connectivity index (χ3v) is 3.90. The van der Waals surface area contributed by atoms with Crippen molar-refractivity contribution in [2.75, 3.05) is 26.1 Å². The number of rotatable bonds is 7. The molecular weight excluding hydrogens is 429 g/mol. The molecule has 0 heterocycles. The number of nitrogens with two attached hydrogens (primary N) is 1. The van der Waals surface area contributed by atoms with Gasteiger partial charge in [0.05, 0.1) is 19.9 Å². The maximum absolute atomic E-state index is 5.96. The summed E-state index contributed by atoms with van der Waals surface area (Å²) >= 11 is 0. The molecule has 1 atom stereocenters. The Labute approximate surface area is 166 Å². The monoisotopic (exact) mass is 455 g/mol. The number of hydrogen-bond acceptors (Lipinski definition) is 3. The number of nitrogens with one attached hydrogen (secondary N) is 1. The topological polar surface area (TPSA) is 68.9 Å². The Morgan fingerprint density at radius 3 is 2.40 bits per heavy atom. The van der Waals surface area contributed by atoms with Gasteiger partial charge in [-0.3, -0.25) is 4.99 Å². The molecule has 0 radical (unpaired) electrons. The van der Waals surface area contributed by atoms with Gasteiger partial charge in [0.1, 0.15) is 11.5 Å². The number of benzene rings is 2. The molecule has 0 aliphatic heterocycles. The average molecular weight is 455 g/mol. The van der Waals surface area contributed by atoms with Crippen LogP contribution in [0.15, 0.2) is 53.5 Å². The number of nitrogens with zero attached hydrogens (tertiary/aromatic N) is 1. The van der Waals surface area contributed by atoms with E-state index >= 15 is 0 Å². The highest BCUT2D eigenvalue weighted by atomic mass is 127. The largest absolute Gasteiger partial charge is 0.497 e. The molecule has 0 spiro atoms. The fraction of sp³-hybridized carbons (Fsp3) is 0.316. The SMILES string of the molecule is COc1ccc(C(C)CCN=C(N)Nc2ccccc2OC)cc1.I. The van der Waals surface area contributed by atoms with Crippen molar-refractivity contribution >= 4 is 35.6 Å². The summed E-state index contributed by atoms with van der Waals surface area (Å²) in [6.45, 7) is 2.84. The highest BCUT2D eigenvalue weighted by Gasteiger charge is 2.06. The predicted molar refractivity (Wildman–Crippen MR) is 115 cm³/mol. The molecule has 0 bridgehead atoms. The standard InChI is InChI=1S/C19H25N3O2.HI/c1-14(15-8-10-16(23-2)11-9-15)12-13-21-19(20)22-17-6-4-5-7-18(17)24-3;/h4-11,14H,12-13H2,1-3H3,(H3,20,21,22);1H. The quantitative estimate of drug-likeness (QED) is 0.372. The third-order valence-electron chi connectivity index (χ3n) is 3.90. The van der Waals surface area contributed by atoms with Gasteiger partial charge in [0.25, 0.3) is 0 Å². The third kappa shape index (κ3) is 6.45. The number of anilines is 1. The van der Waals surface area contributed by atoms with E-state index < -0.39 is 0 Å². The molecule has 2 aromatic carbocycles. The Morgan fingerprint density at radius 1 is 1.08 bits per heavy atom. The van der Waals surface area contributed by atoms with Gasteiger partial charge in [0.15, 0.2) is 5.96 Å². The van der Waals surface area contributed by atoms with Crippen molar-refractivity contribution in [2.24, 2.45) is 10.7 Å². The summed E-state index contributed by atoms with van der Waals surface area (Å²) in [6, 6.07) is 15.7. The molecule has 0 aromatic heterocycles. The van der Waals surface area contributed by atoms with Gasteiger partial charge < -0.3 is 20.5 Å². The average Bonchev–Trinajstić information content (AvgIpc) is 2.62. The van der Waals surface area contributed by atoms with Gasteiger partial charge in [0, 0.05) is 6.54 Å². The van der Waals surface area contributed by atoms with Gasteiger partial charge in [-0.15, -0.1) is 24.0 Å². The second-order valence-corrected chi connectivity index (χ2v) is 5.56. The molecule has 0 saturated heterocycles. The van der Waals surface area contributed by atoms with E-state index in [9.17, 15) is 0 Å². The first-order valence-corrected chi connectivity index (χ1v) is 7.98. The minimum absolute atomic E-state index is 0. The molecule has 2 aromatic rings. The highest BCUT2D eigenvalue weighted by Crippen LogP contribution is 2.23. The van der Waals surface area contributed by atoms with Crippen LogP contribution in [0.1, 0.15) is 24.8 Å². The Morgan fingerprint density at radius 2 is 1.76 bits per heavy atom. The molecule has 136 valence electrons. The summed E-state index contributed by atoms with van der Waals surface area (Å²) in [5.41, 5.74) is 8.03. The van der Waals surface area contributed by atoms with Crippen LogP contribution in [0.2, 0.25) is 0 Å². The van der Waals surface area contributed by atoms with E-state index in [1.807, 2.05) is 36.4 Å². The molecule has 2 rings (SSSR count). The first kappa shape index (κ1) is 21.1. The van der Waals surface area contributed by atoms with Crippen LogP contribution >= 0.6 is 24.0 Å². The second kappa shape index (κ2) is 10.8. The van der Waals surface area contributed by atoms with Crippen LogP contribution in [0.5, 0.6) is 11.5 Å². The molecule has 0 amide bonds. The van der Waals surface area contributed by atoms with Crippen LogP contribution in [0.3, 0.4) is 0 Å². The summed E-state index contributed by atoms with van der Waals surface area (Å²) in [5, 5.41) is 3.08. The van der Waals surface area contributed by atoms with Gasteiger partial charge in [0.2, 0.25) is 0 Å². The molecule has 3 N–H and O–H groups in total. The van der Waals surface area contributed by atoms with Crippen LogP contribution in [0.25, 0.3) is 0 Å². The highest BCUT2D eigenvalue weighted by molar-refractivity contribution is 14.0. The Kier molecular flexibility index (Phi) is 9.12. The van der Waals surface area contributed by atoms with Crippen LogP contribution in [0, 0.1) is 0 Å². The van der Waals surface area contributed by atoms with Crippen LogP contribution in [0.4, 0.5) is 5.69 Å². The minimum Gasteiger partial charge on any atom is -0.497 e. The first-order valence-electron chi connectivity index (χ1n) is 7.98. The maximum atomic E-state index is 5.96.